The van der Waals surface area contributed by atoms with Gasteiger partial charge in [-0.05, 0) is 56.4 Å². The summed E-state index contributed by atoms with van der Waals surface area (Å²) >= 11 is 0. The molecule has 5 heteroatoms. The molecule has 4 unspecified atom stereocenters. The number of piperazine rings is 1. The Labute approximate surface area is 174 Å². The van der Waals surface area contributed by atoms with E-state index in [1.165, 1.54) is 31.2 Å². The maximum atomic E-state index is 12.6. The van der Waals surface area contributed by atoms with E-state index < -0.39 is 0 Å². The van der Waals surface area contributed by atoms with E-state index in [4.69, 9.17) is 0 Å². The number of hydrogen-bond donors (Lipinski definition) is 1. The normalized spacial score (nSPS) is 27.8. The van der Waals surface area contributed by atoms with Crippen molar-refractivity contribution in [1.29, 1.82) is 0 Å². The molecule has 0 spiro atoms. The minimum atomic E-state index is 0.139. The Morgan fingerprint density at radius 3 is 2.41 bits per heavy atom. The number of aryl methyl sites for hydroxylation is 1. The van der Waals surface area contributed by atoms with Crippen LogP contribution in [0.25, 0.3) is 0 Å². The standard InChI is InChI=1S/C24H35N3O2/c1-17-3-5-19(6-4-17)15-24(29)27-11-9-26(10-12-27)16-23(28)25-18(2)22-14-20-7-8-21(22)13-20/h3-6,18,20-22H,7-16H2,1-2H3,(H,25,28). The highest BCUT2D eigenvalue weighted by molar-refractivity contribution is 5.79. The number of carbonyl (C=O) groups is 2. The van der Waals surface area contributed by atoms with E-state index in [1.54, 1.807) is 0 Å². The summed E-state index contributed by atoms with van der Waals surface area (Å²) in [5.74, 6) is 2.74. The fourth-order valence-corrected chi connectivity index (χ4v) is 5.66. The van der Waals surface area contributed by atoms with Gasteiger partial charge < -0.3 is 10.2 Å². The zero-order valence-corrected chi connectivity index (χ0v) is 17.9. The van der Waals surface area contributed by atoms with Gasteiger partial charge in [-0.3, -0.25) is 14.5 Å². The Kier molecular flexibility index (Phi) is 6.23. The molecule has 2 aliphatic carbocycles. The third-order valence-corrected chi connectivity index (χ3v) is 7.39. The number of nitrogens with one attached hydrogen (secondary N) is 1. The quantitative estimate of drug-likeness (QED) is 0.803. The highest BCUT2D eigenvalue weighted by Crippen LogP contribution is 2.49. The Morgan fingerprint density at radius 1 is 1.07 bits per heavy atom. The molecule has 0 aromatic heterocycles. The van der Waals surface area contributed by atoms with E-state index in [9.17, 15) is 9.59 Å². The van der Waals surface area contributed by atoms with Crippen LogP contribution in [0.1, 0.15) is 43.7 Å². The molecule has 29 heavy (non-hydrogen) atoms. The fourth-order valence-electron chi connectivity index (χ4n) is 5.66. The molecular weight excluding hydrogens is 362 g/mol. The summed E-state index contributed by atoms with van der Waals surface area (Å²) in [4.78, 5) is 29.2. The molecule has 2 saturated carbocycles. The number of nitrogens with zero attached hydrogens (tertiary/aromatic N) is 2. The van der Waals surface area contributed by atoms with Crippen LogP contribution in [0.15, 0.2) is 24.3 Å². The van der Waals surface area contributed by atoms with Gasteiger partial charge in [-0.1, -0.05) is 36.2 Å². The highest BCUT2D eigenvalue weighted by Gasteiger charge is 2.42. The Morgan fingerprint density at radius 2 is 1.79 bits per heavy atom. The highest BCUT2D eigenvalue weighted by atomic mass is 16.2. The molecule has 2 amide bonds. The molecule has 1 aromatic carbocycles. The molecule has 1 aliphatic heterocycles. The minimum absolute atomic E-state index is 0.139. The maximum Gasteiger partial charge on any atom is 0.234 e. The fraction of sp³-hybridized carbons (Fsp3) is 0.667. The van der Waals surface area contributed by atoms with Gasteiger partial charge in [0.25, 0.3) is 0 Å². The van der Waals surface area contributed by atoms with Crippen molar-refractivity contribution in [3.8, 4) is 0 Å². The molecule has 5 nitrogen and oxygen atoms in total. The molecule has 1 heterocycles. The van der Waals surface area contributed by atoms with Crippen molar-refractivity contribution in [3.63, 3.8) is 0 Å². The largest absolute Gasteiger partial charge is 0.352 e. The summed E-state index contributed by atoms with van der Waals surface area (Å²) in [6.45, 7) is 7.65. The van der Waals surface area contributed by atoms with E-state index in [-0.39, 0.29) is 17.9 Å². The lowest BCUT2D eigenvalue weighted by Crippen LogP contribution is -2.52. The van der Waals surface area contributed by atoms with Crippen molar-refractivity contribution < 1.29 is 9.59 Å². The predicted octanol–water partition coefficient (Wildman–Crippen LogP) is 2.62. The third-order valence-electron chi connectivity index (χ3n) is 7.39. The molecule has 0 radical (unpaired) electrons. The average Bonchev–Trinajstić information content (AvgIpc) is 3.34. The van der Waals surface area contributed by atoms with Crippen LogP contribution >= 0.6 is 0 Å². The number of benzene rings is 1. The molecule has 4 rings (SSSR count). The Bertz CT molecular complexity index is 724. The summed E-state index contributed by atoms with van der Waals surface area (Å²) < 4.78 is 0. The van der Waals surface area contributed by atoms with Crippen molar-refractivity contribution in [1.82, 2.24) is 15.1 Å². The van der Waals surface area contributed by atoms with Crippen LogP contribution in [0.5, 0.6) is 0 Å². The second-order valence-electron chi connectivity index (χ2n) is 9.51. The van der Waals surface area contributed by atoms with Crippen LogP contribution in [-0.2, 0) is 16.0 Å². The first kappa shape index (κ1) is 20.4. The van der Waals surface area contributed by atoms with E-state index in [0.29, 0.717) is 32.0 Å². The predicted molar refractivity (Wildman–Crippen MR) is 114 cm³/mol. The van der Waals surface area contributed by atoms with Crippen molar-refractivity contribution in [2.45, 2.75) is 52.0 Å². The zero-order valence-electron chi connectivity index (χ0n) is 17.9. The van der Waals surface area contributed by atoms with Gasteiger partial charge in [-0.2, -0.15) is 0 Å². The summed E-state index contributed by atoms with van der Waals surface area (Å²) in [5.41, 5.74) is 2.28. The molecule has 1 saturated heterocycles. The van der Waals surface area contributed by atoms with Gasteiger partial charge in [-0.15, -0.1) is 0 Å². The molecule has 1 N–H and O–H groups in total. The van der Waals surface area contributed by atoms with Gasteiger partial charge in [0.2, 0.25) is 11.8 Å². The zero-order chi connectivity index (χ0) is 20.4. The molecule has 158 valence electrons. The van der Waals surface area contributed by atoms with Crippen molar-refractivity contribution in [2.24, 2.45) is 17.8 Å². The first-order valence-corrected chi connectivity index (χ1v) is 11.3. The van der Waals surface area contributed by atoms with Crippen molar-refractivity contribution in [3.05, 3.63) is 35.4 Å². The van der Waals surface area contributed by atoms with Crippen LogP contribution in [0, 0.1) is 24.7 Å². The lowest BCUT2D eigenvalue weighted by atomic mass is 9.84. The molecule has 1 aromatic rings. The monoisotopic (exact) mass is 397 g/mol. The first-order chi connectivity index (χ1) is 14.0. The van der Waals surface area contributed by atoms with Gasteiger partial charge in [-0.25, -0.2) is 0 Å². The van der Waals surface area contributed by atoms with Gasteiger partial charge in [0, 0.05) is 32.2 Å². The van der Waals surface area contributed by atoms with Crippen LogP contribution in [0.2, 0.25) is 0 Å². The molecule has 3 fully saturated rings. The van der Waals surface area contributed by atoms with E-state index >= 15 is 0 Å². The summed E-state index contributed by atoms with van der Waals surface area (Å²) in [5, 5.41) is 3.26. The Balaban J connectivity index is 1.18. The van der Waals surface area contributed by atoms with Crippen LogP contribution in [0.4, 0.5) is 0 Å². The van der Waals surface area contributed by atoms with Gasteiger partial charge in [0.15, 0.2) is 0 Å². The molecular formula is C24H35N3O2. The Hall–Kier alpha value is -1.88. The summed E-state index contributed by atoms with van der Waals surface area (Å²) in [6, 6.07) is 8.46. The van der Waals surface area contributed by atoms with Crippen LogP contribution in [-0.4, -0.2) is 60.4 Å². The number of fused-ring (bicyclic) bond motifs is 2. The molecule has 3 aliphatic rings. The summed E-state index contributed by atoms with van der Waals surface area (Å²) in [6.07, 6.45) is 5.89. The SMILES string of the molecule is Cc1ccc(CC(=O)N2CCN(CC(=O)NC(C)C3CC4CCC3C4)CC2)cc1. The second-order valence-corrected chi connectivity index (χ2v) is 9.51. The molecule has 4 atom stereocenters. The van der Waals surface area contributed by atoms with Gasteiger partial charge in [0.05, 0.1) is 13.0 Å². The van der Waals surface area contributed by atoms with Crippen molar-refractivity contribution >= 4 is 11.8 Å². The van der Waals surface area contributed by atoms with E-state index in [2.05, 4.69) is 36.2 Å². The number of rotatable bonds is 6. The maximum absolute atomic E-state index is 12.6. The first-order valence-electron chi connectivity index (χ1n) is 11.3. The number of carbonyl (C=O) groups excluding carboxylic acids is 2. The number of amides is 2. The van der Waals surface area contributed by atoms with Gasteiger partial charge >= 0.3 is 0 Å². The smallest absolute Gasteiger partial charge is 0.234 e. The lowest BCUT2D eigenvalue weighted by molar-refractivity contribution is -0.132. The van der Waals surface area contributed by atoms with Gasteiger partial charge in [0.1, 0.15) is 0 Å². The van der Waals surface area contributed by atoms with Crippen LogP contribution in [0.3, 0.4) is 0 Å². The summed E-state index contributed by atoms with van der Waals surface area (Å²) in [7, 11) is 0. The molecule has 2 bridgehead atoms. The second kappa shape index (κ2) is 8.86. The minimum Gasteiger partial charge on any atom is -0.352 e. The lowest BCUT2D eigenvalue weighted by Gasteiger charge is -2.35. The topological polar surface area (TPSA) is 52.7 Å². The van der Waals surface area contributed by atoms with E-state index in [1.807, 2.05) is 17.0 Å². The van der Waals surface area contributed by atoms with Crippen molar-refractivity contribution in [2.75, 3.05) is 32.7 Å². The number of hydrogen-bond acceptors (Lipinski definition) is 3. The van der Waals surface area contributed by atoms with E-state index in [0.717, 1.165) is 30.5 Å². The third kappa shape index (κ3) is 5.00. The average molecular weight is 398 g/mol. The van der Waals surface area contributed by atoms with Crippen LogP contribution < -0.4 is 5.32 Å².